The van der Waals surface area contributed by atoms with Crippen LogP contribution in [0.15, 0.2) is 0 Å². The van der Waals surface area contributed by atoms with Crippen molar-refractivity contribution in [2.24, 2.45) is 0 Å². The van der Waals surface area contributed by atoms with E-state index in [4.69, 9.17) is 5.11 Å². The van der Waals surface area contributed by atoms with Gasteiger partial charge < -0.3 is 5.11 Å². The number of aliphatic carboxylic acids is 1. The number of carboxylic acids is 1. The molecule has 0 aromatic rings. The molecule has 0 aromatic carbocycles. The molecule has 0 bridgehead atoms. The summed E-state index contributed by atoms with van der Waals surface area (Å²) in [5.41, 5.74) is 0. The Morgan fingerprint density at radius 3 is 0.632 bits per heavy atom. The summed E-state index contributed by atoms with van der Waals surface area (Å²) in [4.78, 5) is 10.3. The molecule has 2 nitrogen and oxygen atoms in total. The third kappa shape index (κ3) is 42.6. The van der Waals surface area contributed by atoms with Crippen molar-refractivity contribution in [3.8, 4) is 0 Å². The first-order chi connectivity index (χ1) is 18.7. The maximum Gasteiger partial charge on any atom is 0.303 e. The lowest BCUT2D eigenvalue weighted by atomic mass is 10.0. The molecule has 0 aromatic heterocycles. The molecule has 0 amide bonds. The summed E-state index contributed by atoms with van der Waals surface area (Å²) in [5.74, 6) is -0.653. The van der Waals surface area contributed by atoms with Gasteiger partial charge in [-0.15, -0.1) is 0 Å². The summed E-state index contributed by atoms with van der Waals surface area (Å²) < 4.78 is 0. The summed E-state index contributed by atoms with van der Waals surface area (Å²) in [6.45, 7) is 6.86. The van der Waals surface area contributed by atoms with Crippen molar-refractivity contribution >= 4 is 5.97 Å². The van der Waals surface area contributed by atoms with E-state index < -0.39 is 5.97 Å². The van der Waals surface area contributed by atoms with Crippen LogP contribution in [0.2, 0.25) is 0 Å². The molecule has 0 saturated heterocycles. The van der Waals surface area contributed by atoms with Crippen molar-refractivity contribution < 1.29 is 9.90 Å². The van der Waals surface area contributed by atoms with Gasteiger partial charge in [0.1, 0.15) is 0 Å². The van der Waals surface area contributed by atoms with E-state index in [2.05, 4.69) is 20.8 Å². The van der Waals surface area contributed by atoms with E-state index in [1.54, 1.807) is 0 Å². The summed E-state index contributed by atoms with van der Waals surface area (Å²) in [5, 5.41) is 8.52. The lowest BCUT2D eigenvalue weighted by Gasteiger charge is -2.03. The molecule has 0 aliphatic rings. The van der Waals surface area contributed by atoms with Crippen LogP contribution in [0.4, 0.5) is 0 Å². The highest BCUT2D eigenvalue weighted by Crippen LogP contribution is 2.15. The maximum atomic E-state index is 10.3. The van der Waals surface area contributed by atoms with Gasteiger partial charge >= 0.3 is 5.97 Å². The predicted molar refractivity (Wildman–Crippen MR) is 172 cm³/mol. The summed E-state index contributed by atoms with van der Waals surface area (Å²) in [6, 6.07) is 0. The molecule has 0 spiro atoms. The smallest absolute Gasteiger partial charge is 0.303 e. The average Bonchev–Trinajstić information content (AvgIpc) is 2.91. The Hall–Kier alpha value is -0.530. The fraction of sp³-hybridized carbons (Fsp3) is 0.972. The van der Waals surface area contributed by atoms with Crippen LogP contribution < -0.4 is 0 Å². The Morgan fingerprint density at radius 1 is 0.316 bits per heavy atom. The van der Waals surface area contributed by atoms with E-state index in [9.17, 15) is 4.79 Å². The molecule has 0 fully saturated rings. The number of carbonyl (C=O) groups is 1. The fourth-order valence-electron chi connectivity index (χ4n) is 5.27. The molecule has 0 aliphatic carbocycles. The van der Waals surface area contributed by atoms with Gasteiger partial charge in [0.05, 0.1) is 0 Å². The summed E-state index contributed by atoms with van der Waals surface area (Å²) in [6.07, 6.45) is 43.6. The van der Waals surface area contributed by atoms with Crippen LogP contribution in [-0.2, 0) is 4.79 Å². The van der Waals surface area contributed by atoms with Crippen LogP contribution in [0.5, 0.6) is 0 Å². The van der Waals surface area contributed by atoms with Crippen LogP contribution in [0.3, 0.4) is 0 Å². The van der Waals surface area contributed by atoms with E-state index in [0.717, 1.165) is 12.8 Å². The van der Waals surface area contributed by atoms with Crippen LogP contribution in [0, 0.1) is 0 Å². The number of hydrogen-bond donors (Lipinski definition) is 1. The van der Waals surface area contributed by atoms with E-state index in [1.165, 1.54) is 186 Å². The largest absolute Gasteiger partial charge is 0.481 e. The molecule has 38 heavy (non-hydrogen) atoms. The Labute approximate surface area is 241 Å². The second-order valence-electron chi connectivity index (χ2n) is 12.0. The molecule has 2 heteroatoms. The summed E-state index contributed by atoms with van der Waals surface area (Å²) in [7, 11) is 0. The molecule has 0 rings (SSSR count). The van der Waals surface area contributed by atoms with Crippen molar-refractivity contribution in [3.05, 3.63) is 0 Å². The number of carboxylic acid groups (broad SMARTS) is 1. The van der Waals surface area contributed by atoms with Gasteiger partial charge in [0.2, 0.25) is 0 Å². The van der Waals surface area contributed by atoms with E-state index >= 15 is 0 Å². The van der Waals surface area contributed by atoms with Crippen LogP contribution >= 0.6 is 0 Å². The SMILES string of the molecule is CCCCCCCCCCCCCCCCCC.CCCCCCCCCCCCCCCCCC(=O)O. The average molecular weight is 539 g/mol. The molecule has 0 unspecified atom stereocenters. The second-order valence-corrected chi connectivity index (χ2v) is 12.0. The molecule has 0 radical (unpaired) electrons. The topological polar surface area (TPSA) is 37.3 Å². The highest BCUT2D eigenvalue weighted by atomic mass is 16.4. The van der Waals surface area contributed by atoms with Crippen molar-refractivity contribution in [2.75, 3.05) is 0 Å². The van der Waals surface area contributed by atoms with Crippen molar-refractivity contribution in [3.63, 3.8) is 0 Å². The minimum absolute atomic E-state index is 0.345. The van der Waals surface area contributed by atoms with E-state index in [0.29, 0.717) is 6.42 Å². The zero-order valence-electron chi connectivity index (χ0n) is 27.0. The van der Waals surface area contributed by atoms with Gasteiger partial charge in [-0.3, -0.25) is 4.79 Å². The minimum atomic E-state index is -0.653. The standard InChI is InChI=1S/C18H36O2.C18H38/c1-2-3-4-5-6-7-8-9-10-11-12-13-14-15-16-17-18(19)20;1-3-5-7-9-11-13-15-17-18-16-14-12-10-8-6-4-2/h2-17H2,1H3,(H,19,20);3-18H2,1-2H3. The lowest BCUT2D eigenvalue weighted by molar-refractivity contribution is -0.137. The van der Waals surface area contributed by atoms with Gasteiger partial charge in [-0.2, -0.15) is 0 Å². The molecule has 0 heterocycles. The quantitative estimate of drug-likeness (QED) is 0.0891. The molecule has 0 aliphatic heterocycles. The lowest BCUT2D eigenvalue weighted by Crippen LogP contribution is -1.93. The first kappa shape index (κ1) is 39.6. The van der Waals surface area contributed by atoms with Crippen molar-refractivity contribution in [2.45, 2.75) is 226 Å². The third-order valence-corrected chi connectivity index (χ3v) is 7.95. The number of unbranched alkanes of at least 4 members (excludes halogenated alkanes) is 29. The minimum Gasteiger partial charge on any atom is -0.481 e. The molecular weight excluding hydrogens is 464 g/mol. The summed E-state index contributed by atoms with van der Waals surface area (Å²) >= 11 is 0. The monoisotopic (exact) mass is 539 g/mol. The highest BCUT2D eigenvalue weighted by Gasteiger charge is 1.97. The van der Waals surface area contributed by atoms with Gasteiger partial charge in [-0.25, -0.2) is 0 Å². The first-order valence-corrected chi connectivity index (χ1v) is 17.9. The Morgan fingerprint density at radius 2 is 0.474 bits per heavy atom. The Bertz CT molecular complexity index is 390. The maximum absolute atomic E-state index is 10.3. The Kier molecular flexibility index (Phi) is 40.3. The number of hydrogen-bond acceptors (Lipinski definition) is 1. The molecule has 0 saturated carbocycles. The van der Waals surface area contributed by atoms with Gasteiger partial charge in [-0.05, 0) is 6.42 Å². The molecule has 230 valence electrons. The van der Waals surface area contributed by atoms with Gasteiger partial charge in [-0.1, -0.05) is 213 Å². The molecule has 0 atom stereocenters. The predicted octanol–water partition coefficient (Wildman–Crippen LogP) is 13.6. The fourth-order valence-corrected chi connectivity index (χ4v) is 5.27. The van der Waals surface area contributed by atoms with Gasteiger partial charge in [0.15, 0.2) is 0 Å². The van der Waals surface area contributed by atoms with Crippen molar-refractivity contribution in [1.82, 2.24) is 0 Å². The van der Waals surface area contributed by atoms with Crippen LogP contribution in [0.25, 0.3) is 0 Å². The Balaban J connectivity index is 0. The normalized spacial score (nSPS) is 10.9. The van der Waals surface area contributed by atoms with Gasteiger partial charge in [0.25, 0.3) is 0 Å². The molecular formula is C36H74O2. The highest BCUT2D eigenvalue weighted by molar-refractivity contribution is 5.66. The van der Waals surface area contributed by atoms with Gasteiger partial charge in [0, 0.05) is 6.42 Å². The van der Waals surface area contributed by atoms with Crippen LogP contribution in [-0.4, -0.2) is 11.1 Å². The van der Waals surface area contributed by atoms with E-state index in [1.807, 2.05) is 0 Å². The zero-order valence-corrected chi connectivity index (χ0v) is 27.0. The van der Waals surface area contributed by atoms with E-state index in [-0.39, 0.29) is 0 Å². The first-order valence-electron chi connectivity index (χ1n) is 17.9. The van der Waals surface area contributed by atoms with Crippen LogP contribution in [0.1, 0.15) is 226 Å². The van der Waals surface area contributed by atoms with Crippen molar-refractivity contribution in [1.29, 1.82) is 0 Å². The third-order valence-electron chi connectivity index (χ3n) is 7.95. The second kappa shape index (κ2) is 38.6. The number of rotatable bonds is 31. The zero-order chi connectivity index (χ0) is 28.2. The molecule has 1 N–H and O–H groups in total.